The van der Waals surface area contributed by atoms with Crippen LogP contribution in [0.15, 0.2) is 48.5 Å². The Morgan fingerprint density at radius 3 is 2.29 bits per heavy atom. The Labute approximate surface area is 124 Å². The normalized spacial score (nSPS) is 11.7. The average molecular weight is 306 g/mol. The minimum absolute atomic E-state index is 0.345. The smallest absolute Gasteiger partial charge is 0.343 e. The first-order valence-corrected chi connectivity index (χ1v) is 7.18. The molecule has 110 valence electrons. The van der Waals surface area contributed by atoms with E-state index in [0.29, 0.717) is 23.5 Å². The predicted molar refractivity (Wildman–Crippen MR) is 80.1 cm³/mol. The van der Waals surface area contributed by atoms with Crippen LogP contribution in [0.25, 0.3) is 0 Å². The molecule has 1 unspecified atom stereocenters. The molecule has 6 nitrogen and oxygen atoms in total. The first kappa shape index (κ1) is 15.2. The number of nitrogens with one attached hydrogen (secondary N) is 1. The second kappa shape index (κ2) is 6.98. The van der Waals surface area contributed by atoms with Crippen LogP contribution < -0.4 is 15.2 Å². The van der Waals surface area contributed by atoms with Gasteiger partial charge in [0.05, 0.1) is 5.56 Å². The lowest BCUT2D eigenvalue weighted by atomic mass is 10.1. The van der Waals surface area contributed by atoms with Gasteiger partial charge in [-0.3, -0.25) is 9.27 Å². The third kappa shape index (κ3) is 4.38. The van der Waals surface area contributed by atoms with Gasteiger partial charge in [0, 0.05) is 12.2 Å². The van der Waals surface area contributed by atoms with Crippen LogP contribution in [0.2, 0.25) is 0 Å². The van der Waals surface area contributed by atoms with Crippen molar-refractivity contribution in [2.45, 2.75) is 6.54 Å². The number of carbonyl (C=O) groups is 1. The molecule has 0 aliphatic rings. The predicted octanol–water partition coefficient (Wildman–Crippen LogP) is 1.91. The van der Waals surface area contributed by atoms with Gasteiger partial charge in [-0.25, -0.2) is 9.00 Å². The Balaban J connectivity index is 2.03. The maximum Gasteiger partial charge on any atom is 0.343 e. The summed E-state index contributed by atoms with van der Waals surface area (Å²) in [6.45, 7) is 0.413. The highest BCUT2D eigenvalue weighted by molar-refractivity contribution is 7.80. The summed E-state index contributed by atoms with van der Waals surface area (Å²) in [5, 5.41) is 0. The van der Waals surface area contributed by atoms with Gasteiger partial charge >= 0.3 is 5.97 Å². The fraction of sp³-hybridized carbons (Fsp3) is 0.0714. The summed E-state index contributed by atoms with van der Waals surface area (Å²) in [5.74, 6) is -0.137. The van der Waals surface area contributed by atoms with Crippen LogP contribution in [-0.4, -0.2) is 14.7 Å². The van der Waals surface area contributed by atoms with Crippen molar-refractivity contribution in [3.05, 3.63) is 59.7 Å². The molecule has 0 aliphatic heterocycles. The fourth-order valence-corrected chi connectivity index (χ4v) is 1.97. The Bertz CT molecular complexity index is 641. The molecule has 0 amide bonds. The van der Waals surface area contributed by atoms with Crippen LogP contribution in [0.5, 0.6) is 5.75 Å². The van der Waals surface area contributed by atoms with Gasteiger partial charge in [-0.05, 0) is 42.0 Å². The summed E-state index contributed by atoms with van der Waals surface area (Å²) in [6.07, 6.45) is 0. The number of hydrogen-bond donors (Lipinski definition) is 3. The molecule has 7 heteroatoms. The van der Waals surface area contributed by atoms with Gasteiger partial charge in [-0.1, -0.05) is 12.1 Å². The molecule has 2 aromatic carbocycles. The van der Waals surface area contributed by atoms with E-state index < -0.39 is 17.2 Å². The topological polar surface area (TPSA) is 102 Å². The maximum atomic E-state index is 11.9. The number of esters is 1. The number of benzene rings is 2. The van der Waals surface area contributed by atoms with Gasteiger partial charge in [-0.2, -0.15) is 0 Å². The number of hydrogen-bond acceptors (Lipinski definition) is 4. The highest BCUT2D eigenvalue weighted by Crippen LogP contribution is 2.17. The molecule has 0 radical (unpaired) electrons. The van der Waals surface area contributed by atoms with E-state index >= 15 is 0 Å². The summed E-state index contributed by atoms with van der Waals surface area (Å²) in [6, 6.07) is 13.0. The zero-order valence-corrected chi connectivity index (χ0v) is 11.8. The van der Waals surface area contributed by atoms with Crippen LogP contribution in [0.3, 0.4) is 0 Å². The maximum absolute atomic E-state index is 11.9. The lowest BCUT2D eigenvalue weighted by Crippen LogP contribution is -2.09. The largest absolute Gasteiger partial charge is 0.423 e. The zero-order chi connectivity index (χ0) is 15.2. The van der Waals surface area contributed by atoms with E-state index in [0.717, 1.165) is 5.56 Å². The number of anilines is 1. The van der Waals surface area contributed by atoms with Crippen molar-refractivity contribution in [2.24, 2.45) is 5.73 Å². The molecule has 0 aliphatic carbocycles. The van der Waals surface area contributed by atoms with E-state index in [2.05, 4.69) is 4.72 Å². The number of rotatable bonds is 5. The molecular formula is C14H14N2O4S. The van der Waals surface area contributed by atoms with Gasteiger partial charge in [-0.15, -0.1) is 0 Å². The van der Waals surface area contributed by atoms with Gasteiger partial charge in [0.25, 0.3) is 11.3 Å². The van der Waals surface area contributed by atoms with Crippen molar-refractivity contribution >= 4 is 22.9 Å². The molecule has 1 atom stereocenters. The Morgan fingerprint density at radius 1 is 1.14 bits per heavy atom. The van der Waals surface area contributed by atoms with Crippen LogP contribution >= 0.6 is 0 Å². The summed E-state index contributed by atoms with van der Waals surface area (Å²) in [4.78, 5) is 11.9. The quantitative estimate of drug-likeness (QED) is 0.445. The third-order valence-corrected chi connectivity index (χ3v) is 3.11. The summed E-state index contributed by atoms with van der Waals surface area (Å²) in [5.41, 5.74) is 7.29. The van der Waals surface area contributed by atoms with Gasteiger partial charge in [0.1, 0.15) is 5.75 Å². The van der Waals surface area contributed by atoms with Crippen LogP contribution in [-0.2, 0) is 17.8 Å². The highest BCUT2D eigenvalue weighted by Gasteiger charge is 2.08. The minimum atomic E-state index is -2.13. The van der Waals surface area contributed by atoms with Crippen molar-refractivity contribution in [2.75, 3.05) is 4.72 Å². The van der Waals surface area contributed by atoms with Crippen molar-refractivity contribution in [3.63, 3.8) is 0 Å². The number of carbonyl (C=O) groups excluding carboxylic acids is 1. The van der Waals surface area contributed by atoms with Gasteiger partial charge in [0.15, 0.2) is 0 Å². The number of ether oxygens (including phenoxy) is 1. The summed E-state index contributed by atoms with van der Waals surface area (Å²) >= 11 is -2.13. The second-order valence-corrected chi connectivity index (χ2v) is 4.87. The SMILES string of the molecule is NCc1ccc(C(=O)Oc2ccc(NS(=O)O)cc2)cc1. The first-order chi connectivity index (χ1) is 10.1. The van der Waals surface area contributed by atoms with Gasteiger partial charge in [0.2, 0.25) is 0 Å². The van der Waals surface area contributed by atoms with Crippen LogP contribution in [0.4, 0.5) is 5.69 Å². The van der Waals surface area contributed by atoms with E-state index in [1.807, 2.05) is 0 Å². The second-order valence-electron chi connectivity index (χ2n) is 4.17. The van der Waals surface area contributed by atoms with Crippen LogP contribution in [0, 0.1) is 0 Å². The molecule has 0 saturated carbocycles. The molecule has 0 fully saturated rings. The molecule has 4 N–H and O–H groups in total. The number of nitrogens with two attached hydrogens (primary N) is 1. The van der Waals surface area contributed by atoms with Crippen molar-refractivity contribution in [1.29, 1.82) is 0 Å². The van der Waals surface area contributed by atoms with Crippen molar-refractivity contribution in [1.82, 2.24) is 0 Å². The molecule has 0 aromatic heterocycles. The van der Waals surface area contributed by atoms with Crippen molar-refractivity contribution in [3.8, 4) is 5.75 Å². The van der Waals surface area contributed by atoms with Crippen LogP contribution in [0.1, 0.15) is 15.9 Å². The molecule has 2 rings (SSSR count). The molecule has 21 heavy (non-hydrogen) atoms. The fourth-order valence-electron chi connectivity index (χ4n) is 1.63. The lowest BCUT2D eigenvalue weighted by molar-refractivity contribution is 0.0734. The molecule has 0 spiro atoms. The lowest BCUT2D eigenvalue weighted by Gasteiger charge is -2.06. The molecular weight excluding hydrogens is 292 g/mol. The Hall–Kier alpha value is -2.22. The van der Waals surface area contributed by atoms with Crippen molar-refractivity contribution < 1.29 is 18.3 Å². The van der Waals surface area contributed by atoms with Gasteiger partial charge < -0.3 is 10.5 Å². The van der Waals surface area contributed by atoms with E-state index in [4.69, 9.17) is 15.0 Å². The Kier molecular flexibility index (Phi) is 5.04. The summed E-state index contributed by atoms with van der Waals surface area (Å²) in [7, 11) is 0. The highest BCUT2D eigenvalue weighted by atomic mass is 32.2. The molecule has 2 aromatic rings. The average Bonchev–Trinajstić information content (AvgIpc) is 2.49. The zero-order valence-electron chi connectivity index (χ0n) is 11.0. The third-order valence-electron chi connectivity index (χ3n) is 2.70. The molecule has 0 heterocycles. The van der Waals surface area contributed by atoms with E-state index in [1.165, 1.54) is 24.3 Å². The van der Waals surface area contributed by atoms with E-state index in [9.17, 15) is 9.00 Å². The van der Waals surface area contributed by atoms with E-state index in [1.54, 1.807) is 24.3 Å². The van der Waals surface area contributed by atoms with E-state index in [-0.39, 0.29) is 0 Å². The standard InChI is InChI=1S/C14H14N2O4S/c15-9-10-1-3-11(4-2-10)14(17)20-13-7-5-12(6-8-13)16-21(18)19/h1-8,16H,9,15H2,(H,18,19). The molecule has 0 bridgehead atoms. The minimum Gasteiger partial charge on any atom is -0.423 e. The monoisotopic (exact) mass is 306 g/mol. The summed E-state index contributed by atoms with van der Waals surface area (Å²) < 4.78 is 26.8. The molecule has 0 saturated heterocycles. The Morgan fingerprint density at radius 2 is 1.76 bits per heavy atom. The first-order valence-electron chi connectivity index (χ1n) is 6.07.